The number of hydrogen-bond donors (Lipinski definition) is 7. The first kappa shape index (κ1) is 94.7. The van der Waals surface area contributed by atoms with Crippen molar-refractivity contribution in [2.75, 3.05) is 53.7 Å². The van der Waals surface area contributed by atoms with Crippen LogP contribution in [0, 0.1) is 23.7 Å². The fraction of sp³-hybridized carbons (Fsp3) is 0.658. The predicted molar refractivity (Wildman–Crippen MR) is 419 cm³/mol. The molecule has 8 amide bonds. The summed E-state index contributed by atoms with van der Waals surface area (Å²) in [6, 6.07) is 9.10. The van der Waals surface area contributed by atoms with Gasteiger partial charge in [0, 0.05) is 62.4 Å². The second kappa shape index (κ2) is 36.7. The lowest BCUT2D eigenvalue weighted by molar-refractivity contribution is -0.244. The van der Waals surface area contributed by atoms with E-state index in [-0.39, 0.29) is 76.6 Å². The number of carboxylic acids is 1. The number of benzene rings is 2. The molecule has 43 heteroatoms. The number of nitrogens with one attached hydrogen (secondary N) is 6. The van der Waals surface area contributed by atoms with Gasteiger partial charge in [-0.05, 0) is 209 Å². The van der Waals surface area contributed by atoms with Crippen LogP contribution < -0.4 is 49.7 Å². The van der Waals surface area contributed by atoms with Crippen molar-refractivity contribution >= 4 is 95.9 Å². The Morgan fingerprint density at radius 3 is 1.29 bits per heavy atom. The molecule has 2 aromatic heterocycles. The largest absolute Gasteiger partial charge is 0.497 e. The summed E-state index contributed by atoms with van der Waals surface area (Å²) in [5.74, 6) is -5.40. The molecular weight excluding hydrogens is 1670 g/mol. The summed E-state index contributed by atoms with van der Waals surface area (Å²) in [5, 5.41) is 21.8. The number of carboxylic acid groups (broad SMARTS) is 1. The molecule has 2 aromatic carbocycles. The maximum absolute atomic E-state index is 14.7. The Kier molecular flexibility index (Phi) is 28.5. The monoisotopic (exact) mass is 1770 g/mol. The molecule has 8 fully saturated rings. The lowest BCUT2D eigenvalue weighted by Gasteiger charge is -2.35. The number of ether oxygens (including phenoxy) is 9. The first-order valence-corrected chi connectivity index (χ1v) is 42.8. The quantitative estimate of drug-likeness (QED) is 0.0206. The van der Waals surface area contributed by atoms with Gasteiger partial charge in [0.1, 0.15) is 64.6 Å². The molecule has 4 aliphatic carbocycles. The number of aromatic nitrogens is 2. The highest BCUT2D eigenvalue weighted by atomic mass is 32.2. The molecule has 0 bridgehead atoms. The van der Waals surface area contributed by atoms with E-state index >= 15 is 0 Å². The van der Waals surface area contributed by atoms with E-state index in [0.29, 0.717) is 115 Å². The Labute approximate surface area is 701 Å². The number of methoxy groups -OCH3 is 2. The van der Waals surface area contributed by atoms with Crippen LogP contribution >= 0.6 is 0 Å². The Morgan fingerprint density at radius 2 is 0.934 bits per heavy atom. The van der Waals surface area contributed by atoms with Crippen molar-refractivity contribution in [2.45, 2.75) is 254 Å². The minimum atomic E-state index is -4.92. The first-order valence-electron chi connectivity index (χ1n) is 40.0. The molecule has 4 aliphatic heterocycles. The Morgan fingerprint density at radius 1 is 0.557 bits per heavy atom. The third kappa shape index (κ3) is 23.4. The molecule has 10 atom stereocenters. The molecule has 4 saturated carbocycles. The van der Waals surface area contributed by atoms with Crippen molar-refractivity contribution in [1.29, 1.82) is 0 Å². The lowest BCUT2D eigenvalue weighted by atomic mass is 9.90. The number of amides is 8. The van der Waals surface area contributed by atoms with Crippen LogP contribution in [0.4, 0.5) is 40.7 Å². The van der Waals surface area contributed by atoms with E-state index in [1.165, 1.54) is 18.2 Å². The molecule has 0 unspecified atom stereocenters. The molecule has 4 saturated heterocycles. The van der Waals surface area contributed by atoms with Gasteiger partial charge in [0.05, 0.1) is 38.5 Å². The summed E-state index contributed by atoms with van der Waals surface area (Å²) in [4.78, 5) is 130. The second-order valence-corrected chi connectivity index (χ2v) is 36.7. The number of fused-ring (bicyclic) bond motifs is 2. The molecule has 6 heterocycles. The Bertz CT molecular complexity index is 4790. The number of hydrogen-bond acceptors (Lipinski definition) is 26. The van der Waals surface area contributed by atoms with E-state index in [4.69, 9.17) is 51.4 Å². The smallest absolute Gasteiger partial charge is 0.427 e. The molecule has 8 aliphatic rings. The molecule has 122 heavy (non-hydrogen) atoms. The SMILES string of the molecule is CC(C)(OC(=O)N[C@H](C(=O)O)C1CCOCC1)C(F)(F)F.CC[C@@H]1C[C@]1(NC(=O)[C@@H]1C[C@@H](Oc2nccc3cc(OC)ccc23)CN1C(=O)OC(C)(C)C)C(=O)NS(=O)(=O)OC1(C)CC1.CC[C@@H]1C[C@]1(NC(=O)[C@@H]1C[C@@H](Oc2nccc3cc(OC)ccc23)CN1C(=O)[C@@H](NC(=O)OC(C)(C)C(F)(F)F)C1CCOCC1)C(=O)NS(=O)(=O)OC1(C)CC1. The van der Waals surface area contributed by atoms with Crippen molar-refractivity contribution in [3.8, 4) is 23.3 Å². The van der Waals surface area contributed by atoms with E-state index in [0.717, 1.165) is 21.1 Å². The van der Waals surface area contributed by atoms with Gasteiger partial charge in [0.25, 0.3) is 11.8 Å². The highest BCUT2D eigenvalue weighted by Crippen LogP contribution is 2.50. The maximum Gasteiger partial charge on any atom is 0.427 e. The second-order valence-electron chi connectivity index (χ2n) is 34.2. The zero-order chi connectivity index (χ0) is 89.9. The van der Waals surface area contributed by atoms with Gasteiger partial charge in [-0.25, -0.2) is 47.0 Å². The summed E-state index contributed by atoms with van der Waals surface area (Å²) in [6.07, 6.45) is -7.03. The Balaban J connectivity index is 0.000000212. The van der Waals surface area contributed by atoms with Crippen molar-refractivity contribution in [3.05, 3.63) is 60.9 Å². The number of nitrogens with zero attached hydrogens (tertiary/aromatic N) is 4. The van der Waals surface area contributed by atoms with Gasteiger partial charge in [-0.1, -0.05) is 26.7 Å². The third-order valence-electron chi connectivity index (χ3n) is 22.7. The first-order chi connectivity index (χ1) is 56.8. The highest BCUT2D eigenvalue weighted by Gasteiger charge is 2.64. The van der Waals surface area contributed by atoms with Crippen LogP contribution in [0.3, 0.4) is 0 Å². The minimum absolute atomic E-state index is 0.0262. The van der Waals surface area contributed by atoms with Gasteiger partial charge < -0.3 is 73.9 Å². The van der Waals surface area contributed by atoms with Gasteiger partial charge in [-0.15, -0.1) is 0 Å². The average molecular weight is 1770 g/mol. The van der Waals surface area contributed by atoms with Gasteiger partial charge in [0.2, 0.25) is 40.7 Å². The molecule has 7 N–H and O–H groups in total. The molecular formula is C79H106F6N10O25S2. The van der Waals surface area contributed by atoms with E-state index in [9.17, 15) is 86.3 Å². The summed E-state index contributed by atoms with van der Waals surface area (Å²) < 4.78 is 192. The predicted octanol–water partition coefficient (Wildman–Crippen LogP) is 8.82. The number of likely N-dealkylation sites (tertiary alicyclic amines) is 2. The number of alkyl carbamates (subject to hydrolysis) is 2. The van der Waals surface area contributed by atoms with Gasteiger partial charge in [0.15, 0.2) is 0 Å². The lowest BCUT2D eigenvalue weighted by Crippen LogP contribution is -2.60. The highest BCUT2D eigenvalue weighted by molar-refractivity contribution is 7.85. The van der Waals surface area contributed by atoms with Crippen LogP contribution in [0.1, 0.15) is 166 Å². The molecule has 0 spiro atoms. The number of carbonyl (C=O) groups excluding carboxylic acids is 8. The summed E-state index contributed by atoms with van der Waals surface area (Å²) in [5.41, 5.74) is -11.3. The standard InChI is InChI=1S/C37H48F3N5O11S.C30H40N4O9S.C12H18F3NO5/c1-6-23-19-36(23,32(48)44-57(50,51)56-35(4)12-13-35)43-29(46)27-18-25(54-30-26-8-7-24(52-5)17-22(26)9-14-41-30)20-45(27)31(47)28(21-10-15-53-16-11-21)42-33(49)55-34(2,3)37(38,39)40;1-7-19-16-30(19,26(36)33-44(38,39)43-29(5)11-12-29)32-24(35)23-15-21(17-34(23)27(37)42-28(2,3)4)41-25-22-9-8-20(40-6)14-18(22)10-13-31-25;1-11(2,12(13,14)15)21-10(19)16-8(9(17)18)7-3-5-20-6-4-7/h7-9,14,17,21,23,25,27-28H,6,10-13,15-16,18-20H2,1-5H3,(H,42,49)(H,43,46)(H,44,48);8-10,13-14,19,21,23H,7,11-12,15-17H2,1-6H3,(H,32,35)(H,33,36);7-8H,3-6H2,1-2H3,(H,16,19)(H,17,18)/t23-,25-,27+,28+,36-;19-,21-,23+,30-;8-/m110/s1. The van der Waals surface area contributed by atoms with Gasteiger partial charge in [-0.3, -0.25) is 28.9 Å². The normalized spacial score (nSPS) is 24.3. The fourth-order valence-electron chi connectivity index (χ4n) is 14.7. The van der Waals surface area contributed by atoms with E-state index in [1.54, 1.807) is 85.2 Å². The number of pyridine rings is 2. The van der Waals surface area contributed by atoms with Crippen LogP contribution in [0.5, 0.6) is 23.3 Å². The van der Waals surface area contributed by atoms with Crippen molar-refractivity contribution < 1.29 is 142 Å². The third-order valence-corrected chi connectivity index (χ3v) is 24.9. The molecule has 35 nitrogen and oxygen atoms in total. The zero-order valence-corrected chi connectivity index (χ0v) is 71.4. The van der Waals surface area contributed by atoms with Crippen LogP contribution in [-0.2, 0) is 81.4 Å². The van der Waals surface area contributed by atoms with Crippen molar-refractivity contribution in [1.82, 2.24) is 50.5 Å². The van der Waals surface area contributed by atoms with Crippen LogP contribution in [0.2, 0.25) is 0 Å². The number of halogens is 6. The van der Waals surface area contributed by atoms with Gasteiger partial charge >= 0.3 is 57.2 Å². The van der Waals surface area contributed by atoms with E-state index < -0.39 is 180 Å². The maximum atomic E-state index is 14.7. The van der Waals surface area contributed by atoms with Crippen LogP contribution in [-0.4, -0.2) is 237 Å². The summed E-state index contributed by atoms with van der Waals surface area (Å²) in [7, 11) is -5.82. The number of rotatable bonds is 28. The van der Waals surface area contributed by atoms with E-state index in [1.807, 2.05) is 39.9 Å². The van der Waals surface area contributed by atoms with Crippen LogP contribution in [0.25, 0.3) is 21.5 Å². The fourth-order valence-corrected chi connectivity index (χ4v) is 17.0. The zero-order valence-electron chi connectivity index (χ0n) is 69.8. The Hall–Kier alpha value is -9.59. The van der Waals surface area contributed by atoms with Crippen molar-refractivity contribution in [2.24, 2.45) is 23.7 Å². The molecule has 4 aromatic rings. The molecule has 676 valence electrons. The number of alkyl halides is 6. The van der Waals surface area contributed by atoms with Crippen LogP contribution in [0.15, 0.2) is 60.9 Å². The number of carbonyl (C=O) groups is 9. The molecule has 0 radical (unpaired) electrons. The average Bonchev–Trinajstić information content (AvgIpc) is 1.58. The van der Waals surface area contributed by atoms with E-state index in [2.05, 4.69) is 30.7 Å². The molecule has 12 rings (SSSR count). The van der Waals surface area contributed by atoms with Crippen molar-refractivity contribution in [3.63, 3.8) is 0 Å². The summed E-state index contributed by atoms with van der Waals surface area (Å²) in [6.45, 7) is 15.6. The minimum Gasteiger partial charge on any atom is -0.497 e. The summed E-state index contributed by atoms with van der Waals surface area (Å²) >= 11 is 0. The topological polar surface area (TPSA) is 448 Å². The van der Waals surface area contributed by atoms with Gasteiger partial charge in [-0.2, -0.15) is 43.2 Å². The number of aliphatic carboxylic acids is 1.